The van der Waals surface area contributed by atoms with E-state index in [1.165, 1.54) is 13.1 Å². The number of ketones is 1. The standard InChI is InChI=1S/C15H14N2O5/c1-9(18)11-4-2-3-5-12(11)22-8-13-16-7-10(6-14(19)20)15(21)17-13/h2-5,7H,6,8H2,1H3,(H,19,20)(H,16,17,21). The van der Waals surface area contributed by atoms with Crippen molar-refractivity contribution in [2.45, 2.75) is 20.0 Å². The van der Waals surface area contributed by atoms with Gasteiger partial charge in [-0.3, -0.25) is 14.4 Å². The van der Waals surface area contributed by atoms with Crippen molar-refractivity contribution in [3.05, 3.63) is 57.8 Å². The molecule has 0 atom stereocenters. The van der Waals surface area contributed by atoms with Crippen molar-refractivity contribution < 1.29 is 19.4 Å². The van der Waals surface area contributed by atoms with E-state index in [-0.39, 0.29) is 23.8 Å². The second-order valence-corrected chi connectivity index (χ2v) is 4.60. The smallest absolute Gasteiger partial charge is 0.308 e. The van der Waals surface area contributed by atoms with Crippen LogP contribution in [0.1, 0.15) is 28.7 Å². The van der Waals surface area contributed by atoms with Crippen molar-refractivity contribution in [3.8, 4) is 5.75 Å². The normalized spacial score (nSPS) is 10.2. The molecule has 0 aliphatic heterocycles. The summed E-state index contributed by atoms with van der Waals surface area (Å²) in [4.78, 5) is 40.2. The molecule has 0 amide bonds. The predicted molar refractivity (Wildman–Crippen MR) is 77.0 cm³/mol. The Morgan fingerprint density at radius 2 is 2.05 bits per heavy atom. The van der Waals surface area contributed by atoms with Gasteiger partial charge in [0.25, 0.3) is 5.56 Å². The van der Waals surface area contributed by atoms with Gasteiger partial charge in [-0.25, -0.2) is 4.98 Å². The lowest BCUT2D eigenvalue weighted by Crippen LogP contribution is -2.19. The van der Waals surface area contributed by atoms with Crippen molar-refractivity contribution in [1.82, 2.24) is 9.97 Å². The van der Waals surface area contributed by atoms with Crippen LogP contribution >= 0.6 is 0 Å². The number of Topliss-reactive ketones (excluding diaryl/α,β-unsaturated/α-hetero) is 1. The van der Waals surface area contributed by atoms with Crippen LogP contribution in [0.3, 0.4) is 0 Å². The van der Waals surface area contributed by atoms with E-state index in [0.29, 0.717) is 11.3 Å². The molecule has 7 nitrogen and oxygen atoms in total. The van der Waals surface area contributed by atoms with Gasteiger partial charge < -0.3 is 14.8 Å². The van der Waals surface area contributed by atoms with Crippen LogP contribution < -0.4 is 10.3 Å². The number of H-pyrrole nitrogens is 1. The molecule has 0 aliphatic rings. The van der Waals surface area contributed by atoms with Gasteiger partial charge in [-0.15, -0.1) is 0 Å². The van der Waals surface area contributed by atoms with E-state index in [9.17, 15) is 14.4 Å². The third-order valence-electron chi connectivity index (χ3n) is 2.90. The minimum absolute atomic E-state index is 0.0348. The van der Waals surface area contributed by atoms with E-state index >= 15 is 0 Å². The molecule has 0 unspecified atom stereocenters. The topological polar surface area (TPSA) is 109 Å². The average molecular weight is 302 g/mol. The van der Waals surface area contributed by atoms with Gasteiger partial charge in [0, 0.05) is 11.8 Å². The zero-order chi connectivity index (χ0) is 16.1. The molecule has 0 saturated carbocycles. The van der Waals surface area contributed by atoms with E-state index < -0.39 is 17.9 Å². The monoisotopic (exact) mass is 302 g/mol. The summed E-state index contributed by atoms with van der Waals surface area (Å²) in [6.07, 6.45) is 0.819. The van der Waals surface area contributed by atoms with Crippen LogP contribution in [0.5, 0.6) is 5.75 Å². The molecule has 0 fully saturated rings. The molecule has 2 rings (SSSR count). The molecular weight excluding hydrogens is 288 g/mol. The van der Waals surface area contributed by atoms with Gasteiger partial charge in [-0.05, 0) is 19.1 Å². The van der Waals surface area contributed by atoms with E-state index in [1.54, 1.807) is 24.3 Å². The summed E-state index contributed by atoms with van der Waals surface area (Å²) < 4.78 is 5.49. The first-order chi connectivity index (χ1) is 10.5. The van der Waals surface area contributed by atoms with Crippen molar-refractivity contribution in [2.24, 2.45) is 0 Å². The summed E-state index contributed by atoms with van der Waals surface area (Å²) in [5.74, 6) is -0.592. The first-order valence-electron chi connectivity index (χ1n) is 6.49. The highest BCUT2D eigenvalue weighted by molar-refractivity contribution is 5.96. The van der Waals surface area contributed by atoms with Gasteiger partial charge in [-0.2, -0.15) is 0 Å². The van der Waals surface area contributed by atoms with Gasteiger partial charge in [-0.1, -0.05) is 12.1 Å². The number of aliphatic carboxylic acids is 1. The molecule has 2 aromatic rings. The van der Waals surface area contributed by atoms with Crippen LogP contribution in [-0.2, 0) is 17.8 Å². The molecular formula is C15H14N2O5. The highest BCUT2D eigenvalue weighted by Gasteiger charge is 2.10. The fourth-order valence-corrected chi connectivity index (χ4v) is 1.85. The van der Waals surface area contributed by atoms with E-state index in [2.05, 4.69) is 9.97 Å². The Hall–Kier alpha value is -2.96. The van der Waals surface area contributed by atoms with Gasteiger partial charge in [0.2, 0.25) is 0 Å². The Morgan fingerprint density at radius 1 is 1.32 bits per heavy atom. The van der Waals surface area contributed by atoms with Gasteiger partial charge in [0.05, 0.1) is 12.0 Å². The summed E-state index contributed by atoms with van der Waals surface area (Å²) in [5.41, 5.74) is -0.0106. The zero-order valence-corrected chi connectivity index (χ0v) is 11.8. The second-order valence-electron chi connectivity index (χ2n) is 4.60. The number of carbonyl (C=O) groups excluding carboxylic acids is 1. The van der Waals surface area contributed by atoms with Gasteiger partial charge in [0.1, 0.15) is 18.2 Å². The predicted octanol–water partition coefficient (Wildman–Crippen LogP) is 1.18. The van der Waals surface area contributed by atoms with Crippen LogP contribution in [0, 0.1) is 0 Å². The number of benzene rings is 1. The maximum absolute atomic E-state index is 11.7. The largest absolute Gasteiger partial charge is 0.485 e. The summed E-state index contributed by atoms with van der Waals surface area (Å²) in [6.45, 7) is 1.40. The fraction of sp³-hybridized carbons (Fsp3) is 0.200. The molecule has 0 saturated heterocycles. The van der Waals surface area contributed by atoms with Gasteiger partial charge >= 0.3 is 5.97 Å². The molecule has 0 radical (unpaired) electrons. The van der Waals surface area contributed by atoms with Crippen molar-refractivity contribution in [1.29, 1.82) is 0 Å². The maximum Gasteiger partial charge on any atom is 0.308 e. The molecule has 1 aromatic heterocycles. The third-order valence-corrected chi connectivity index (χ3v) is 2.90. The number of rotatable bonds is 6. The Bertz CT molecular complexity index is 767. The number of aromatic nitrogens is 2. The average Bonchev–Trinajstić information content (AvgIpc) is 2.47. The zero-order valence-electron chi connectivity index (χ0n) is 11.8. The van der Waals surface area contributed by atoms with Crippen LogP contribution in [-0.4, -0.2) is 26.8 Å². The summed E-state index contributed by atoms with van der Waals surface area (Å²) in [5, 5.41) is 8.66. The molecule has 1 aromatic carbocycles. The molecule has 22 heavy (non-hydrogen) atoms. The van der Waals surface area contributed by atoms with Crippen LogP contribution in [0.2, 0.25) is 0 Å². The lowest BCUT2D eigenvalue weighted by atomic mass is 10.1. The highest BCUT2D eigenvalue weighted by atomic mass is 16.5. The Labute approximate surface area is 125 Å². The first kappa shape index (κ1) is 15.4. The fourth-order valence-electron chi connectivity index (χ4n) is 1.85. The number of hydrogen-bond donors (Lipinski definition) is 2. The van der Waals surface area contributed by atoms with E-state index in [4.69, 9.17) is 9.84 Å². The summed E-state index contributed by atoms with van der Waals surface area (Å²) in [7, 11) is 0. The molecule has 0 spiro atoms. The third kappa shape index (κ3) is 3.78. The molecule has 7 heteroatoms. The van der Waals surface area contributed by atoms with E-state index in [0.717, 1.165) is 0 Å². The number of nitrogens with one attached hydrogen (secondary N) is 1. The summed E-state index contributed by atoms with van der Waals surface area (Å²) >= 11 is 0. The molecule has 1 heterocycles. The lowest BCUT2D eigenvalue weighted by molar-refractivity contribution is -0.136. The van der Waals surface area contributed by atoms with Crippen molar-refractivity contribution in [3.63, 3.8) is 0 Å². The minimum Gasteiger partial charge on any atom is -0.485 e. The molecule has 0 bridgehead atoms. The SMILES string of the molecule is CC(=O)c1ccccc1OCc1ncc(CC(=O)O)c(=O)[nH]1. The number of para-hydroxylation sites is 1. The number of nitrogens with zero attached hydrogens (tertiary/aromatic N) is 1. The van der Waals surface area contributed by atoms with Crippen molar-refractivity contribution >= 4 is 11.8 Å². The quantitative estimate of drug-likeness (QED) is 0.775. The van der Waals surface area contributed by atoms with Crippen LogP contribution in [0.4, 0.5) is 0 Å². The van der Waals surface area contributed by atoms with E-state index in [1.807, 2.05) is 0 Å². The number of carboxylic acid groups (broad SMARTS) is 1. The highest BCUT2D eigenvalue weighted by Crippen LogP contribution is 2.19. The number of hydrogen-bond acceptors (Lipinski definition) is 5. The Morgan fingerprint density at radius 3 is 2.68 bits per heavy atom. The number of carboxylic acids is 1. The van der Waals surface area contributed by atoms with Crippen LogP contribution in [0.15, 0.2) is 35.3 Å². The van der Waals surface area contributed by atoms with Gasteiger partial charge in [0.15, 0.2) is 5.78 Å². The number of aromatic amines is 1. The Balaban J connectivity index is 2.13. The summed E-state index contributed by atoms with van der Waals surface area (Å²) in [6, 6.07) is 6.75. The minimum atomic E-state index is -1.10. The first-order valence-corrected chi connectivity index (χ1v) is 6.49. The van der Waals surface area contributed by atoms with Crippen LogP contribution in [0.25, 0.3) is 0 Å². The molecule has 0 aliphatic carbocycles. The second kappa shape index (κ2) is 6.66. The number of carbonyl (C=O) groups is 2. The number of ether oxygens (including phenoxy) is 1. The maximum atomic E-state index is 11.7. The molecule has 114 valence electrons. The lowest BCUT2D eigenvalue weighted by Gasteiger charge is -2.09. The van der Waals surface area contributed by atoms with Crippen molar-refractivity contribution in [2.75, 3.05) is 0 Å². The Kier molecular flexibility index (Phi) is 4.67. The molecule has 2 N–H and O–H groups in total.